The zero-order valence-corrected chi connectivity index (χ0v) is 17.8. The lowest BCUT2D eigenvalue weighted by Crippen LogP contribution is -2.38. The fourth-order valence-corrected chi connectivity index (χ4v) is 3.95. The first-order valence-electron chi connectivity index (χ1n) is 10.6. The van der Waals surface area contributed by atoms with Crippen molar-refractivity contribution in [1.82, 2.24) is 19.6 Å². The van der Waals surface area contributed by atoms with E-state index in [9.17, 15) is 18.0 Å². The van der Waals surface area contributed by atoms with Gasteiger partial charge in [-0.25, -0.2) is 0 Å². The highest BCUT2D eigenvalue weighted by atomic mass is 19.4. The summed E-state index contributed by atoms with van der Waals surface area (Å²) < 4.78 is 48.0. The Balaban J connectivity index is 1.29. The second kappa shape index (κ2) is 8.69. The fourth-order valence-electron chi connectivity index (χ4n) is 3.95. The van der Waals surface area contributed by atoms with Crippen LogP contribution in [0, 0.1) is 0 Å². The van der Waals surface area contributed by atoms with Gasteiger partial charge in [-0.05, 0) is 53.9 Å². The number of halogens is 3. The van der Waals surface area contributed by atoms with Crippen LogP contribution in [0.1, 0.15) is 11.1 Å². The molecule has 0 saturated heterocycles. The number of aromatic nitrogens is 3. The molecule has 0 unspecified atom stereocenters. The van der Waals surface area contributed by atoms with Gasteiger partial charge in [-0.3, -0.25) is 4.79 Å². The minimum Gasteiger partial charge on any atom is -0.406 e. The van der Waals surface area contributed by atoms with E-state index >= 15 is 0 Å². The highest BCUT2D eigenvalue weighted by Crippen LogP contribution is 2.27. The molecule has 2 aromatic heterocycles. The van der Waals surface area contributed by atoms with Gasteiger partial charge >= 0.3 is 6.36 Å². The molecule has 1 aliphatic heterocycles. The van der Waals surface area contributed by atoms with Crippen molar-refractivity contribution in [2.24, 2.45) is 0 Å². The van der Waals surface area contributed by atoms with Crippen LogP contribution in [0.2, 0.25) is 0 Å². The smallest absolute Gasteiger partial charge is 0.406 e. The molecule has 5 rings (SSSR count). The largest absolute Gasteiger partial charge is 0.573 e. The highest BCUT2D eigenvalue weighted by Gasteiger charge is 2.31. The Morgan fingerprint density at radius 3 is 2.56 bits per heavy atom. The topological polar surface area (TPSA) is 73.4 Å². The number of nitrogens with zero attached hydrogens (tertiary/aromatic N) is 4. The molecule has 0 radical (unpaired) electrons. The second-order valence-corrected chi connectivity index (χ2v) is 7.85. The number of fused-ring (bicyclic) bond motifs is 1. The average molecular weight is 468 g/mol. The van der Waals surface area contributed by atoms with E-state index in [-0.39, 0.29) is 29.9 Å². The normalized spacial score (nSPS) is 13.6. The summed E-state index contributed by atoms with van der Waals surface area (Å²) in [5, 5.41) is 3.92. The molecule has 174 valence electrons. The van der Waals surface area contributed by atoms with Gasteiger partial charge in [0.2, 0.25) is 11.7 Å². The van der Waals surface area contributed by atoms with Crippen molar-refractivity contribution in [2.45, 2.75) is 25.9 Å². The number of ether oxygens (including phenoxy) is 1. The number of rotatable bonds is 5. The predicted octanol–water partition coefficient (Wildman–Crippen LogP) is 4.69. The Morgan fingerprint density at radius 2 is 1.79 bits per heavy atom. The average Bonchev–Trinajstić information content (AvgIpc) is 3.48. The van der Waals surface area contributed by atoms with E-state index in [1.165, 1.54) is 29.8 Å². The lowest BCUT2D eigenvalue weighted by Gasteiger charge is -2.29. The van der Waals surface area contributed by atoms with E-state index in [1.54, 1.807) is 22.9 Å². The van der Waals surface area contributed by atoms with Crippen LogP contribution in [0.5, 0.6) is 5.75 Å². The Hall–Kier alpha value is -4.08. The molecular formula is C24H19F3N4O3. The third kappa shape index (κ3) is 4.66. The van der Waals surface area contributed by atoms with Gasteiger partial charge in [0.25, 0.3) is 5.89 Å². The SMILES string of the molecule is O=C(Cn1cccc1-c1nc(-c2ccc(OC(F)(F)F)cc2)no1)N1CCc2ccccc2C1. The first-order chi connectivity index (χ1) is 16.4. The number of alkyl halides is 3. The molecule has 0 aliphatic carbocycles. The van der Waals surface area contributed by atoms with Crippen LogP contribution in [0.15, 0.2) is 71.4 Å². The zero-order valence-electron chi connectivity index (χ0n) is 17.8. The first-order valence-corrected chi connectivity index (χ1v) is 10.6. The molecule has 1 aliphatic rings. The van der Waals surface area contributed by atoms with E-state index in [1.807, 2.05) is 23.1 Å². The van der Waals surface area contributed by atoms with Crippen LogP contribution in [0.4, 0.5) is 13.2 Å². The third-order valence-electron chi connectivity index (χ3n) is 5.61. The summed E-state index contributed by atoms with van der Waals surface area (Å²) in [4.78, 5) is 19.1. The van der Waals surface area contributed by atoms with Gasteiger partial charge < -0.3 is 18.7 Å². The summed E-state index contributed by atoms with van der Waals surface area (Å²) in [7, 11) is 0. The summed E-state index contributed by atoms with van der Waals surface area (Å²) in [6.45, 7) is 1.35. The van der Waals surface area contributed by atoms with Gasteiger partial charge in [0.15, 0.2) is 0 Å². The van der Waals surface area contributed by atoms with E-state index in [4.69, 9.17) is 4.52 Å². The number of hydrogen-bond acceptors (Lipinski definition) is 5. The molecule has 1 amide bonds. The van der Waals surface area contributed by atoms with Crippen molar-refractivity contribution in [1.29, 1.82) is 0 Å². The van der Waals surface area contributed by atoms with Crippen LogP contribution in [-0.2, 0) is 24.3 Å². The summed E-state index contributed by atoms with van der Waals surface area (Å²) in [6, 6.07) is 16.8. The number of benzene rings is 2. The molecule has 7 nitrogen and oxygen atoms in total. The number of hydrogen-bond donors (Lipinski definition) is 0. The van der Waals surface area contributed by atoms with Crippen LogP contribution >= 0.6 is 0 Å². The lowest BCUT2D eigenvalue weighted by molar-refractivity contribution is -0.274. The highest BCUT2D eigenvalue weighted by molar-refractivity contribution is 5.77. The molecule has 0 bridgehead atoms. The van der Waals surface area contributed by atoms with E-state index in [0.29, 0.717) is 24.3 Å². The first kappa shape index (κ1) is 21.7. The molecule has 0 fully saturated rings. The third-order valence-corrected chi connectivity index (χ3v) is 5.61. The van der Waals surface area contributed by atoms with Crippen molar-refractivity contribution in [3.63, 3.8) is 0 Å². The quantitative estimate of drug-likeness (QED) is 0.425. The van der Waals surface area contributed by atoms with E-state index < -0.39 is 6.36 Å². The lowest BCUT2D eigenvalue weighted by atomic mass is 10.00. The van der Waals surface area contributed by atoms with Crippen LogP contribution in [0.25, 0.3) is 23.0 Å². The maximum Gasteiger partial charge on any atom is 0.573 e. The maximum atomic E-state index is 13.0. The monoisotopic (exact) mass is 468 g/mol. The summed E-state index contributed by atoms with van der Waals surface area (Å²) in [5.41, 5.74) is 3.46. The standard InChI is InChI=1S/C24H19F3N4O3/c25-24(26,27)33-19-9-7-17(8-10-19)22-28-23(34-29-22)20-6-3-12-30(20)15-21(32)31-13-11-16-4-1-2-5-18(16)14-31/h1-10,12H,11,13-15H2. The van der Waals surface area contributed by atoms with Gasteiger partial charge in [-0.2, -0.15) is 4.98 Å². The fraction of sp³-hybridized carbons (Fsp3) is 0.208. The van der Waals surface area contributed by atoms with Gasteiger partial charge in [0.1, 0.15) is 18.0 Å². The van der Waals surface area contributed by atoms with Crippen molar-refractivity contribution in [3.05, 3.63) is 78.0 Å². The minimum atomic E-state index is -4.76. The molecule has 0 atom stereocenters. The Kier molecular flexibility index (Phi) is 5.56. The zero-order chi connectivity index (χ0) is 23.7. The number of amides is 1. The van der Waals surface area contributed by atoms with E-state index in [2.05, 4.69) is 20.9 Å². The second-order valence-electron chi connectivity index (χ2n) is 7.85. The molecule has 0 saturated carbocycles. The molecular weight excluding hydrogens is 449 g/mol. The molecule has 10 heteroatoms. The minimum absolute atomic E-state index is 0.0213. The predicted molar refractivity (Wildman–Crippen MR) is 115 cm³/mol. The Morgan fingerprint density at radius 1 is 1.03 bits per heavy atom. The molecule has 0 spiro atoms. The summed E-state index contributed by atoms with van der Waals surface area (Å²) in [6.07, 6.45) is -2.18. The Bertz CT molecular complexity index is 1310. The van der Waals surface area contributed by atoms with Gasteiger partial charge in [-0.1, -0.05) is 29.4 Å². The van der Waals surface area contributed by atoms with E-state index in [0.717, 1.165) is 12.0 Å². The van der Waals surface area contributed by atoms with Gasteiger partial charge in [0.05, 0.1) is 0 Å². The summed E-state index contributed by atoms with van der Waals surface area (Å²) >= 11 is 0. The van der Waals surface area contributed by atoms with Crippen LogP contribution < -0.4 is 4.74 Å². The van der Waals surface area contributed by atoms with Gasteiger partial charge in [-0.15, -0.1) is 13.2 Å². The van der Waals surface area contributed by atoms with Crippen molar-refractivity contribution in [3.8, 4) is 28.7 Å². The van der Waals surface area contributed by atoms with Crippen molar-refractivity contribution >= 4 is 5.91 Å². The van der Waals surface area contributed by atoms with Crippen molar-refractivity contribution in [2.75, 3.05) is 6.54 Å². The number of carbonyl (C=O) groups is 1. The number of carbonyl (C=O) groups excluding carboxylic acids is 1. The maximum absolute atomic E-state index is 13.0. The molecule has 0 N–H and O–H groups in total. The van der Waals surface area contributed by atoms with Crippen LogP contribution in [-0.4, -0.2) is 38.4 Å². The molecule has 34 heavy (non-hydrogen) atoms. The molecule has 2 aromatic carbocycles. The van der Waals surface area contributed by atoms with Crippen LogP contribution in [0.3, 0.4) is 0 Å². The summed E-state index contributed by atoms with van der Waals surface area (Å²) in [5.74, 6) is 0.0484. The molecule has 3 heterocycles. The van der Waals surface area contributed by atoms with Crippen molar-refractivity contribution < 1.29 is 27.2 Å². The van der Waals surface area contributed by atoms with Gasteiger partial charge in [0, 0.05) is 24.8 Å². The Labute approximate surface area is 192 Å². The molecule has 4 aromatic rings.